The second kappa shape index (κ2) is 13.0. The van der Waals surface area contributed by atoms with Gasteiger partial charge in [0, 0.05) is 0 Å². The average Bonchev–Trinajstić information content (AvgIpc) is 2.31. The Hall–Kier alpha value is -0.0800. The highest BCUT2D eigenvalue weighted by Crippen LogP contribution is 2.06. The van der Waals surface area contributed by atoms with E-state index >= 15 is 0 Å². The first kappa shape index (κ1) is 15.9. The van der Waals surface area contributed by atoms with Crippen molar-refractivity contribution < 1.29 is 0 Å². The van der Waals surface area contributed by atoms with Gasteiger partial charge in [-0.15, -0.1) is 0 Å². The summed E-state index contributed by atoms with van der Waals surface area (Å²) in [5.41, 5.74) is 5.45. The van der Waals surface area contributed by atoms with Gasteiger partial charge in [0.25, 0.3) is 0 Å². The summed E-state index contributed by atoms with van der Waals surface area (Å²) in [7, 11) is 0. The van der Waals surface area contributed by atoms with Gasteiger partial charge in [-0.3, -0.25) is 0 Å². The van der Waals surface area contributed by atoms with Gasteiger partial charge in [0.05, 0.1) is 0 Å². The molecule has 0 amide bonds. The van der Waals surface area contributed by atoms with E-state index in [1.165, 1.54) is 64.5 Å². The van der Waals surface area contributed by atoms with Crippen LogP contribution in [0.2, 0.25) is 0 Å². The Morgan fingerprint density at radius 3 is 2.06 bits per heavy atom. The number of hydrogen-bond donors (Lipinski definition) is 2. The van der Waals surface area contributed by atoms with Crippen LogP contribution in [0.4, 0.5) is 0 Å². The van der Waals surface area contributed by atoms with Crippen LogP contribution in [0.15, 0.2) is 0 Å². The molecule has 98 valence electrons. The lowest BCUT2D eigenvalue weighted by atomic mass is 10.1. The van der Waals surface area contributed by atoms with Gasteiger partial charge in [-0.2, -0.15) is 0 Å². The maximum absolute atomic E-state index is 5.45. The minimum absolute atomic E-state index is 0.830. The zero-order valence-electron chi connectivity index (χ0n) is 11.4. The fraction of sp³-hybridized carbons (Fsp3) is 1.00. The minimum Gasteiger partial charge on any atom is -0.330 e. The van der Waals surface area contributed by atoms with Crippen LogP contribution in [-0.4, -0.2) is 19.6 Å². The maximum Gasteiger partial charge on any atom is -0.00233 e. The molecule has 1 atom stereocenters. The van der Waals surface area contributed by atoms with E-state index in [9.17, 15) is 0 Å². The predicted molar refractivity (Wildman–Crippen MR) is 73.7 cm³/mol. The summed E-state index contributed by atoms with van der Waals surface area (Å²) in [6.45, 7) is 7.82. The Kier molecular flexibility index (Phi) is 12.9. The molecule has 0 aromatic carbocycles. The SMILES string of the molecule is CCC(C)CNCCCCCCCCCN. The third-order valence-corrected chi connectivity index (χ3v) is 3.25. The molecule has 0 aliphatic rings. The topological polar surface area (TPSA) is 38.0 Å². The average molecular weight is 228 g/mol. The van der Waals surface area contributed by atoms with E-state index in [1.807, 2.05) is 0 Å². The number of nitrogens with two attached hydrogens (primary N) is 1. The molecule has 0 aromatic heterocycles. The van der Waals surface area contributed by atoms with Gasteiger partial charge in [-0.1, -0.05) is 52.4 Å². The molecular weight excluding hydrogens is 196 g/mol. The summed E-state index contributed by atoms with van der Waals surface area (Å²) in [5, 5.41) is 3.53. The van der Waals surface area contributed by atoms with E-state index in [4.69, 9.17) is 5.73 Å². The van der Waals surface area contributed by atoms with Crippen LogP contribution in [0.5, 0.6) is 0 Å². The van der Waals surface area contributed by atoms with Crippen molar-refractivity contribution in [2.45, 2.75) is 65.2 Å². The van der Waals surface area contributed by atoms with Crippen molar-refractivity contribution in [3.8, 4) is 0 Å². The molecule has 0 aliphatic heterocycles. The second-order valence-corrected chi connectivity index (χ2v) is 4.98. The number of rotatable bonds is 12. The van der Waals surface area contributed by atoms with E-state index in [0.717, 1.165) is 12.5 Å². The molecule has 0 fully saturated rings. The van der Waals surface area contributed by atoms with Gasteiger partial charge in [0.2, 0.25) is 0 Å². The standard InChI is InChI=1S/C14H32N2/c1-3-14(2)13-16-12-10-8-6-4-5-7-9-11-15/h14,16H,3-13,15H2,1-2H3. The van der Waals surface area contributed by atoms with Crippen molar-refractivity contribution in [1.29, 1.82) is 0 Å². The highest BCUT2D eigenvalue weighted by molar-refractivity contribution is 4.55. The van der Waals surface area contributed by atoms with Gasteiger partial charge in [-0.05, 0) is 38.4 Å². The predicted octanol–water partition coefficient (Wildman–Crippen LogP) is 3.31. The molecule has 0 bridgehead atoms. The van der Waals surface area contributed by atoms with Crippen molar-refractivity contribution in [2.75, 3.05) is 19.6 Å². The summed E-state index contributed by atoms with van der Waals surface area (Å²) < 4.78 is 0. The van der Waals surface area contributed by atoms with Crippen LogP contribution in [0.25, 0.3) is 0 Å². The number of hydrogen-bond acceptors (Lipinski definition) is 2. The van der Waals surface area contributed by atoms with E-state index in [-0.39, 0.29) is 0 Å². The molecule has 0 radical (unpaired) electrons. The molecule has 0 spiro atoms. The molecule has 0 aromatic rings. The van der Waals surface area contributed by atoms with Crippen molar-refractivity contribution in [3.05, 3.63) is 0 Å². The van der Waals surface area contributed by atoms with Crippen molar-refractivity contribution in [3.63, 3.8) is 0 Å². The van der Waals surface area contributed by atoms with Crippen molar-refractivity contribution in [1.82, 2.24) is 5.32 Å². The molecule has 3 N–H and O–H groups in total. The Morgan fingerprint density at radius 1 is 0.938 bits per heavy atom. The van der Waals surface area contributed by atoms with Crippen molar-refractivity contribution >= 4 is 0 Å². The van der Waals surface area contributed by atoms with Gasteiger partial charge in [0.15, 0.2) is 0 Å². The fourth-order valence-corrected chi connectivity index (χ4v) is 1.77. The molecule has 16 heavy (non-hydrogen) atoms. The van der Waals surface area contributed by atoms with Crippen LogP contribution < -0.4 is 11.1 Å². The fourth-order valence-electron chi connectivity index (χ4n) is 1.77. The van der Waals surface area contributed by atoms with E-state index in [1.54, 1.807) is 0 Å². The Labute approximate surface area is 102 Å². The Morgan fingerprint density at radius 2 is 1.50 bits per heavy atom. The minimum atomic E-state index is 0.830. The lowest BCUT2D eigenvalue weighted by Gasteiger charge is -2.09. The van der Waals surface area contributed by atoms with E-state index in [0.29, 0.717) is 0 Å². The first-order valence-electron chi connectivity index (χ1n) is 7.22. The summed E-state index contributed by atoms with van der Waals surface area (Å²) in [5.74, 6) is 0.830. The molecule has 1 unspecified atom stereocenters. The maximum atomic E-state index is 5.45. The van der Waals surface area contributed by atoms with Gasteiger partial charge in [0.1, 0.15) is 0 Å². The van der Waals surface area contributed by atoms with Gasteiger partial charge >= 0.3 is 0 Å². The lowest BCUT2D eigenvalue weighted by molar-refractivity contribution is 0.485. The molecule has 2 heteroatoms. The zero-order chi connectivity index (χ0) is 12.1. The quantitative estimate of drug-likeness (QED) is 0.503. The van der Waals surface area contributed by atoms with Crippen LogP contribution in [0.3, 0.4) is 0 Å². The molecule has 0 saturated carbocycles. The highest BCUT2D eigenvalue weighted by atomic mass is 14.8. The Bertz CT molecular complexity index is 126. The van der Waals surface area contributed by atoms with Crippen LogP contribution in [-0.2, 0) is 0 Å². The Balaban J connectivity index is 2.93. The third-order valence-electron chi connectivity index (χ3n) is 3.25. The third kappa shape index (κ3) is 12.0. The first-order valence-corrected chi connectivity index (χ1v) is 7.22. The van der Waals surface area contributed by atoms with Gasteiger partial charge < -0.3 is 11.1 Å². The van der Waals surface area contributed by atoms with Crippen LogP contribution >= 0.6 is 0 Å². The first-order chi connectivity index (χ1) is 7.81. The normalized spacial score (nSPS) is 12.9. The summed E-state index contributed by atoms with van der Waals surface area (Å²) in [6, 6.07) is 0. The molecule has 0 aliphatic carbocycles. The molecule has 2 nitrogen and oxygen atoms in total. The number of nitrogens with one attached hydrogen (secondary N) is 1. The molecular formula is C14H32N2. The molecule has 0 rings (SSSR count). The molecule has 0 saturated heterocycles. The monoisotopic (exact) mass is 228 g/mol. The summed E-state index contributed by atoms with van der Waals surface area (Å²) >= 11 is 0. The highest BCUT2D eigenvalue weighted by Gasteiger charge is 1.96. The second-order valence-electron chi connectivity index (χ2n) is 4.98. The van der Waals surface area contributed by atoms with E-state index in [2.05, 4.69) is 19.2 Å². The van der Waals surface area contributed by atoms with E-state index < -0.39 is 0 Å². The number of unbranched alkanes of at least 4 members (excludes halogenated alkanes) is 6. The van der Waals surface area contributed by atoms with Gasteiger partial charge in [-0.25, -0.2) is 0 Å². The summed E-state index contributed by atoms with van der Waals surface area (Å²) in [6.07, 6.45) is 10.7. The summed E-state index contributed by atoms with van der Waals surface area (Å²) in [4.78, 5) is 0. The lowest BCUT2D eigenvalue weighted by Crippen LogP contribution is -2.21. The van der Waals surface area contributed by atoms with Crippen molar-refractivity contribution in [2.24, 2.45) is 11.7 Å². The van der Waals surface area contributed by atoms with Crippen LogP contribution in [0, 0.1) is 5.92 Å². The van der Waals surface area contributed by atoms with Crippen LogP contribution in [0.1, 0.15) is 65.2 Å². The zero-order valence-corrected chi connectivity index (χ0v) is 11.4. The largest absolute Gasteiger partial charge is 0.330 e. The molecule has 0 heterocycles. The smallest absolute Gasteiger partial charge is 0.00233 e.